The van der Waals surface area contributed by atoms with Crippen LogP contribution in [0.3, 0.4) is 0 Å². The zero-order chi connectivity index (χ0) is 25.3. The van der Waals surface area contributed by atoms with Crippen molar-refractivity contribution in [3.8, 4) is 0 Å². The van der Waals surface area contributed by atoms with Crippen LogP contribution in [0.2, 0.25) is 0 Å². The van der Waals surface area contributed by atoms with Crippen LogP contribution in [0, 0.1) is 12.3 Å². The number of nitrogens with one attached hydrogen (secondary N) is 1. The maximum atomic E-state index is 13.2. The molecule has 0 spiro atoms. The molecule has 2 fully saturated rings. The first kappa shape index (κ1) is 28.7. The summed E-state index contributed by atoms with van der Waals surface area (Å²) in [6.45, 7) is 1.47. The van der Waals surface area contributed by atoms with Gasteiger partial charge in [-0.3, -0.25) is 14.5 Å². The predicted octanol–water partition coefficient (Wildman–Crippen LogP) is -3.55. The molecule has 3 atom stereocenters. The van der Waals surface area contributed by atoms with E-state index < -0.39 is 34.7 Å². The van der Waals surface area contributed by atoms with Gasteiger partial charge in [0.05, 0.1) is 12.5 Å². The number of nitrogens with zero attached hydrogens (tertiary/aromatic N) is 4. The molecule has 3 heterocycles. The zero-order valence-corrected chi connectivity index (χ0v) is 24.0. The van der Waals surface area contributed by atoms with Gasteiger partial charge in [-0.2, -0.15) is 0 Å². The Hall–Kier alpha value is -1.88. The van der Waals surface area contributed by atoms with Crippen molar-refractivity contribution < 1.29 is 53.8 Å². The number of urea groups is 1. The average Bonchev–Trinajstić information content (AvgIpc) is 3.25. The number of benzene rings is 1. The third kappa shape index (κ3) is 5.66. The molecule has 0 radical (unpaired) electrons. The van der Waals surface area contributed by atoms with Crippen LogP contribution >= 0.6 is 34.9 Å². The summed E-state index contributed by atoms with van der Waals surface area (Å²) < 4.78 is 0.650. The smallest absolute Gasteiger partial charge is 0.549 e. The van der Waals surface area contributed by atoms with Gasteiger partial charge in [0.2, 0.25) is 11.8 Å². The second-order valence-electron chi connectivity index (χ2n) is 8.06. The van der Waals surface area contributed by atoms with Crippen molar-refractivity contribution in [1.29, 1.82) is 0 Å². The molecule has 5 N–H and O–H groups in total. The molecule has 16 heteroatoms. The van der Waals surface area contributed by atoms with Crippen molar-refractivity contribution in [3.63, 3.8) is 0 Å². The molecule has 1 aromatic carbocycles. The molecule has 2 aliphatic rings. The van der Waals surface area contributed by atoms with Crippen LogP contribution in [0.1, 0.15) is 5.01 Å². The van der Waals surface area contributed by atoms with Crippen molar-refractivity contribution in [2.45, 2.75) is 22.7 Å². The van der Waals surface area contributed by atoms with Crippen LogP contribution in [0.4, 0.5) is 16.2 Å². The second kappa shape index (κ2) is 11.7. The number of fused-ring (bicyclic) bond motifs is 1. The van der Waals surface area contributed by atoms with Crippen LogP contribution in [0.15, 0.2) is 28.6 Å². The topological polar surface area (TPSA) is 188 Å². The Morgan fingerprint density at radius 2 is 2.00 bits per heavy atom. The number of carboxylic acid groups (broad SMARTS) is 1. The minimum atomic E-state index is -1.27. The monoisotopic (exact) mass is 559 g/mol. The summed E-state index contributed by atoms with van der Waals surface area (Å²) in [6, 6.07) is 4.71. The summed E-state index contributed by atoms with van der Waals surface area (Å²) in [7, 11) is 0. The van der Waals surface area contributed by atoms with Crippen LogP contribution in [0.25, 0.3) is 0 Å². The van der Waals surface area contributed by atoms with Crippen molar-refractivity contribution in [3.05, 3.63) is 29.3 Å². The van der Waals surface area contributed by atoms with Gasteiger partial charge >= 0.3 is 35.6 Å². The average molecular weight is 560 g/mol. The fraction of sp³-hybridized carbons (Fsp3) is 0.400. The molecule has 4 rings (SSSR count). The van der Waals surface area contributed by atoms with E-state index in [-0.39, 0.29) is 60.1 Å². The minimum absolute atomic E-state index is 0. The summed E-state index contributed by atoms with van der Waals surface area (Å²) in [5.74, 6) is -1.68. The van der Waals surface area contributed by atoms with Crippen molar-refractivity contribution in [1.82, 2.24) is 15.1 Å². The van der Waals surface area contributed by atoms with E-state index in [1.165, 1.54) is 44.7 Å². The Bertz CT molecular complexity index is 1170. The third-order valence-corrected chi connectivity index (χ3v) is 9.50. The van der Waals surface area contributed by atoms with Gasteiger partial charge in [0.15, 0.2) is 4.34 Å². The summed E-state index contributed by atoms with van der Waals surface area (Å²) in [5.41, 5.74) is 10.3. The van der Waals surface area contributed by atoms with Crippen LogP contribution in [-0.4, -0.2) is 74.9 Å². The van der Waals surface area contributed by atoms with Gasteiger partial charge in [-0.1, -0.05) is 23.1 Å². The second-order valence-corrected chi connectivity index (χ2v) is 11.6. The normalized spacial score (nSPS) is 22.6. The molecule has 186 valence electrons. The maximum absolute atomic E-state index is 13.2. The number of carbonyl (C=O) groups is 4. The Morgan fingerprint density at radius 1 is 1.31 bits per heavy atom. The summed E-state index contributed by atoms with van der Waals surface area (Å²) >= 11 is 3.94. The first-order valence-electron chi connectivity index (χ1n) is 10.4. The van der Waals surface area contributed by atoms with Gasteiger partial charge in [-0.15, -0.1) is 22.0 Å². The van der Waals surface area contributed by atoms with E-state index in [1.54, 1.807) is 24.3 Å². The van der Waals surface area contributed by atoms with Gasteiger partial charge in [0.25, 0.3) is 0 Å². The molecule has 0 saturated carbocycles. The Morgan fingerprint density at radius 3 is 2.56 bits per heavy atom. The number of nitrogens with two attached hydrogens (primary N) is 2. The van der Waals surface area contributed by atoms with E-state index in [9.17, 15) is 24.3 Å². The fourth-order valence-corrected chi connectivity index (χ4v) is 7.63. The van der Waals surface area contributed by atoms with E-state index in [4.69, 9.17) is 11.5 Å². The molecule has 4 amide bonds. The number of rotatable bonds is 8. The van der Waals surface area contributed by atoms with Crippen molar-refractivity contribution >= 4 is 70.1 Å². The third-order valence-electron chi connectivity index (χ3n) is 5.66. The predicted molar refractivity (Wildman–Crippen MR) is 131 cm³/mol. The molecule has 2 aliphatic heterocycles. The Balaban J connectivity index is 0.00000361. The number of anilines is 2. The minimum Gasteiger partial charge on any atom is -0.549 e. The van der Waals surface area contributed by atoms with E-state index in [0.717, 1.165) is 5.01 Å². The van der Waals surface area contributed by atoms with Gasteiger partial charge < -0.3 is 31.6 Å². The number of aliphatic carboxylic acids is 1. The maximum Gasteiger partial charge on any atom is 1.00 e. The van der Waals surface area contributed by atoms with Gasteiger partial charge in [-0.05, 0) is 31.2 Å². The number of amides is 4. The number of aryl methyl sites for hydroxylation is 1. The van der Waals surface area contributed by atoms with Crippen molar-refractivity contribution in [2.24, 2.45) is 16.9 Å². The number of carboxylic acids is 1. The fourth-order valence-electron chi connectivity index (χ4n) is 3.92. The molecule has 2 aromatic rings. The first-order chi connectivity index (χ1) is 16.6. The zero-order valence-electron chi connectivity index (χ0n) is 19.5. The van der Waals surface area contributed by atoms with Crippen LogP contribution < -0.4 is 56.3 Å². The molecule has 0 bridgehead atoms. The number of thioether (sulfide) groups is 2. The standard InChI is InChI=1S/C20H23N7O5S3.Na/c1-10-24-25-19(35-10)34-9-20(17(30)31)7-26-15(29)14(16(26)33-8-20)27(13(28)6-21)12-4-2-11(3-5-12)23-18(22)32;/h2-5,14,16H,6-9,21H2,1H3,(H,30,31)(H3,22,23,32);/q;+1/p-1/t14?,16-,20?;/m1./s1. The molecular weight excluding hydrogens is 537 g/mol. The summed E-state index contributed by atoms with van der Waals surface area (Å²) in [6.07, 6.45) is 0. The van der Waals surface area contributed by atoms with E-state index in [1.807, 2.05) is 6.92 Å². The molecule has 36 heavy (non-hydrogen) atoms. The molecule has 2 saturated heterocycles. The molecule has 12 nitrogen and oxygen atoms in total. The van der Waals surface area contributed by atoms with Gasteiger partial charge in [-0.25, -0.2) is 4.79 Å². The van der Waals surface area contributed by atoms with E-state index in [0.29, 0.717) is 15.7 Å². The molecule has 2 unspecified atom stereocenters. The molecule has 1 aromatic heterocycles. The number of carbonyl (C=O) groups excluding carboxylic acids is 4. The summed E-state index contributed by atoms with van der Waals surface area (Å²) in [5, 5.41) is 22.9. The largest absolute Gasteiger partial charge is 1.00 e. The van der Waals surface area contributed by atoms with Gasteiger partial charge in [0.1, 0.15) is 16.4 Å². The number of primary amides is 1. The van der Waals surface area contributed by atoms with Crippen LogP contribution in [0.5, 0.6) is 0 Å². The SMILES string of the molecule is Cc1nnc(SCC2(C(=O)[O-])CS[C@@H]3C(N(C(=O)CN)c4ccc(NC(N)=O)cc4)C(=O)N3C2)s1.[Na+]. The Labute approximate surface area is 241 Å². The number of hydrogen-bond donors (Lipinski definition) is 3. The number of β-lactam (4-membered cyclic amide) rings is 1. The number of hydrogen-bond acceptors (Lipinski definition) is 11. The molecule has 0 aliphatic carbocycles. The van der Waals surface area contributed by atoms with Crippen LogP contribution in [-0.2, 0) is 14.4 Å². The van der Waals surface area contributed by atoms with E-state index in [2.05, 4.69) is 15.5 Å². The first-order valence-corrected chi connectivity index (χ1v) is 13.3. The van der Waals surface area contributed by atoms with E-state index >= 15 is 0 Å². The Kier molecular flexibility index (Phi) is 9.30. The molecular formula is C20H22N7NaO5S3. The summed E-state index contributed by atoms with van der Waals surface area (Å²) in [4.78, 5) is 52.0. The van der Waals surface area contributed by atoms with Crippen molar-refractivity contribution in [2.75, 3.05) is 34.8 Å². The van der Waals surface area contributed by atoms with Gasteiger partial charge in [0, 0.05) is 34.8 Å². The number of aromatic nitrogens is 2. The quantitative estimate of drug-likeness (QED) is 0.166.